The van der Waals surface area contributed by atoms with Crippen molar-refractivity contribution in [2.75, 3.05) is 6.61 Å². The zero-order chi connectivity index (χ0) is 17.6. The van der Waals surface area contributed by atoms with E-state index in [1.165, 1.54) is 24.3 Å². The fraction of sp³-hybridized carbons (Fsp3) is 0.176. The van der Waals surface area contributed by atoms with E-state index in [0.717, 1.165) is 0 Å². The summed E-state index contributed by atoms with van der Waals surface area (Å²) < 4.78 is 34.2. The average molecular weight is 365 g/mol. The third-order valence-corrected chi connectivity index (χ3v) is 4.50. The number of halogens is 1. The fourth-order valence-electron chi connectivity index (χ4n) is 1.89. The molecule has 0 bridgehead atoms. The summed E-state index contributed by atoms with van der Waals surface area (Å²) in [5, 5.41) is 0.450. The molecule has 2 aromatic carbocycles. The Balaban J connectivity index is 2.51. The number of hydrogen-bond donors (Lipinski definition) is 0. The maximum atomic E-state index is 12.5. The molecule has 0 heterocycles. The van der Waals surface area contributed by atoms with E-state index < -0.39 is 10.0 Å². The lowest BCUT2D eigenvalue weighted by Crippen LogP contribution is -2.09. The third-order valence-electron chi connectivity index (χ3n) is 2.97. The molecule has 0 unspecified atom stereocenters. The van der Waals surface area contributed by atoms with Crippen LogP contribution < -0.4 is 0 Å². The molecule has 7 heteroatoms. The Morgan fingerprint density at radius 3 is 2.29 bits per heavy atom. The van der Waals surface area contributed by atoms with Crippen LogP contribution in [0.25, 0.3) is 0 Å². The molecule has 0 saturated carbocycles. The number of benzene rings is 2. The predicted molar refractivity (Wildman–Crippen MR) is 96.4 cm³/mol. The summed E-state index contributed by atoms with van der Waals surface area (Å²) in [7, 11) is -3.92. The van der Waals surface area contributed by atoms with Crippen LogP contribution in [0.1, 0.15) is 19.4 Å². The van der Waals surface area contributed by atoms with Crippen molar-refractivity contribution in [1.29, 1.82) is 0 Å². The molecule has 2 aromatic rings. The van der Waals surface area contributed by atoms with Gasteiger partial charge in [0.1, 0.15) is 0 Å². The lowest BCUT2D eigenvalue weighted by molar-refractivity contribution is 0.325. The fourth-order valence-corrected chi connectivity index (χ4v) is 2.97. The normalized spacial score (nSPS) is 13.0. The smallest absolute Gasteiger partial charge is 0.284 e. The van der Waals surface area contributed by atoms with E-state index in [4.69, 9.17) is 16.3 Å². The zero-order valence-electron chi connectivity index (χ0n) is 13.3. The van der Waals surface area contributed by atoms with Crippen LogP contribution in [0.15, 0.2) is 68.9 Å². The Kier molecular flexibility index (Phi) is 6.11. The lowest BCUT2D eigenvalue weighted by Gasteiger charge is -2.06. The molecule has 24 heavy (non-hydrogen) atoms. The van der Waals surface area contributed by atoms with Gasteiger partial charge in [0, 0.05) is 17.5 Å². The Morgan fingerprint density at radius 1 is 1.08 bits per heavy atom. The molecule has 0 aliphatic heterocycles. The van der Waals surface area contributed by atoms with Crippen LogP contribution in [-0.4, -0.2) is 26.8 Å². The minimum Gasteiger partial charge on any atom is -0.481 e. The number of amidine groups is 1. The highest BCUT2D eigenvalue weighted by molar-refractivity contribution is 7.90. The van der Waals surface area contributed by atoms with E-state index in [1.54, 1.807) is 31.2 Å². The van der Waals surface area contributed by atoms with Crippen LogP contribution in [0.5, 0.6) is 0 Å². The summed E-state index contributed by atoms with van der Waals surface area (Å²) >= 11 is 5.80. The molecule has 2 rings (SSSR count). The first-order valence-electron chi connectivity index (χ1n) is 7.26. The summed E-state index contributed by atoms with van der Waals surface area (Å²) in [4.78, 5) is 4.25. The van der Waals surface area contributed by atoms with Crippen molar-refractivity contribution in [3.8, 4) is 0 Å². The maximum absolute atomic E-state index is 12.5. The SMILES string of the molecule is CCOC(C)=N/C(=N\S(=O)(=O)c1ccc(Cl)cc1)c1ccccc1. The second-order valence-electron chi connectivity index (χ2n) is 4.77. The molecule has 0 radical (unpaired) electrons. The molecule has 0 aromatic heterocycles. The first-order chi connectivity index (χ1) is 11.4. The van der Waals surface area contributed by atoms with Gasteiger partial charge in [0.25, 0.3) is 10.0 Å². The number of ether oxygens (including phenoxy) is 1. The van der Waals surface area contributed by atoms with Crippen LogP contribution >= 0.6 is 11.6 Å². The van der Waals surface area contributed by atoms with Gasteiger partial charge < -0.3 is 4.74 Å². The van der Waals surface area contributed by atoms with Crippen molar-refractivity contribution in [1.82, 2.24) is 0 Å². The van der Waals surface area contributed by atoms with Gasteiger partial charge in [0.2, 0.25) is 0 Å². The molecule has 0 atom stereocenters. The van der Waals surface area contributed by atoms with Gasteiger partial charge in [-0.2, -0.15) is 13.4 Å². The van der Waals surface area contributed by atoms with Crippen molar-refractivity contribution in [3.05, 3.63) is 65.2 Å². The van der Waals surface area contributed by atoms with Crippen molar-refractivity contribution < 1.29 is 13.2 Å². The highest BCUT2D eigenvalue weighted by Gasteiger charge is 2.15. The highest BCUT2D eigenvalue weighted by Crippen LogP contribution is 2.17. The summed E-state index contributed by atoms with van der Waals surface area (Å²) in [6, 6.07) is 14.7. The molecule has 0 saturated heterocycles. The summed E-state index contributed by atoms with van der Waals surface area (Å²) in [6.45, 7) is 3.90. The number of hydrogen-bond acceptors (Lipinski definition) is 3. The number of rotatable bonds is 4. The molecule has 0 aliphatic rings. The third kappa shape index (κ3) is 4.91. The van der Waals surface area contributed by atoms with E-state index in [9.17, 15) is 8.42 Å². The van der Waals surface area contributed by atoms with Gasteiger partial charge >= 0.3 is 0 Å². The Hall–Kier alpha value is -2.18. The van der Waals surface area contributed by atoms with E-state index in [1.807, 2.05) is 13.0 Å². The predicted octanol–water partition coefficient (Wildman–Crippen LogP) is 3.93. The molecule has 5 nitrogen and oxygen atoms in total. The number of sulfonamides is 1. The van der Waals surface area contributed by atoms with Crippen LogP contribution in [-0.2, 0) is 14.8 Å². The average Bonchev–Trinajstić information content (AvgIpc) is 2.55. The summed E-state index contributed by atoms with van der Waals surface area (Å²) in [6.07, 6.45) is 0. The van der Waals surface area contributed by atoms with Gasteiger partial charge in [0.05, 0.1) is 11.5 Å². The van der Waals surface area contributed by atoms with Crippen LogP contribution in [0.2, 0.25) is 5.02 Å². The standard InChI is InChI=1S/C17H17ClN2O3S/c1-3-23-13(2)19-17(14-7-5-4-6-8-14)20-24(21,22)16-11-9-15(18)10-12-16/h4-12H,3H2,1-2H3/b19-13?,20-17-. The van der Waals surface area contributed by atoms with Gasteiger partial charge in [-0.05, 0) is 31.2 Å². The van der Waals surface area contributed by atoms with Crippen molar-refractivity contribution in [2.24, 2.45) is 9.39 Å². The second-order valence-corrected chi connectivity index (χ2v) is 6.81. The largest absolute Gasteiger partial charge is 0.481 e. The minimum atomic E-state index is -3.92. The molecule has 126 valence electrons. The Labute approximate surface area is 146 Å². The topological polar surface area (TPSA) is 68.1 Å². The van der Waals surface area contributed by atoms with Crippen LogP contribution in [0, 0.1) is 0 Å². The van der Waals surface area contributed by atoms with Gasteiger partial charge in [-0.25, -0.2) is 0 Å². The van der Waals surface area contributed by atoms with Crippen molar-refractivity contribution in [2.45, 2.75) is 18.7 Å². The van der Waals surface area contributed by atoms with E-state index >= 15 is 0 Å². The van der Waals surface area contributed by atoms with Gasteiger partial charge in [0.15, 0.2) is 11.7 Å². The van der Waals surface area contributed by atoms with Gasteiger partial charge in [-0.15, -0.1) is 4.40 Å². The molecule has 0 N–H and O–H groups in total. The van der Waals surface area contributed by atoms with E-state index in [-0.39, 0.29) is 10.7 Å². The summed E-state index contributed by atoms with van der Waals surface area (Å²) in [5.41, 5.74) is 0.578. The molecule has 0 amide bonds. The van der Waals surface area contributed by atoms with Gasteiger partial charge in [-0.3, -0.25) is 0 Å². The van der Waals surface area contributed by atoms with Gasteiger partial charge in [-0.1, -0.05) is 41.9 Å². The second kappa shape index (κ2) is 8.08. The molecular formula is C17H17ClN2O3S. The van der Waals surface area contributed by atoms with Crippen molar-refractivity contribution in [3.63, 3.8) is 0 Å². The highest BCUT2D eigenvalue weighted by atomic mass is 35.5. The molecule has 0 fully saturated rings. The quantitative estimate of drug-likeness (QED) is 0.609. The zero-order valence-corrected chi connectivity index (χ0v) is 14.9. The molecule has 0 aliphatic carbocycles. The monoisotopic (exact) mass is 364 g/mol. The van der Waals surface area contributed by atoms with E-state index in [2.05, 4.69) is 9.39 Å². The molecular weight excluding hydrogens is 348 g/mol. The minimum absolute atomic E-state index is 0.0459. The Morgan fingerprint density at radius 2 is 1.71 bits per heavy atom. The number of nitrogens with zero attached hydrogens (tertiary/aromatic N) is 2. The first-order valence-corrected chi connectivity index (χ1v) is 9.08. The lowest BCUT2D eigenvalue weighted by atomic mass is 10.2. The van der Waals surface area contributed by atoms with Crippen LogP contribution in [0.3, 0.4) is 0 Å². The van der Waals surface area contributed by atoms with Crippen LogP contribution in [0.4, 0.5) is 0 Å². The number of aliphatic imine (C=N–C) groups is 1. The maximum Gasteiger partial charge on any atom is 0.284 e. The first kappa shape index (κ1) is 18.2. The van der Waals surface area contributed by atoms with E-state index in [0.29, 0.717) is 23.1 Å². The molecule has 0 spiro atoms. The Bertz CT molecular complexity index is 845. The van der Waals surface area contributed by atoms with Crippen molar-refractivity contribution >= 4 is 33.4 Å². The summed E-state index contributed by atoms with van der Waals surface area (Å²) in [5.74, 6) is 0.405.